The number of benzene rings is 2. The van der Waals surface area contributed by atoms with Crippen LogP contribution in [0.5, 0.6) is 0 Å². The second-order valence-corrected chi connectivity index (χ2v) is 9.87. The van der Waals surface area contributed by atoms with Gasteiger partial charge in [-0.25, -0.2) is 9.59 Å². The van der Waals surface area contributed by atoms with E-state index in [2.05, 4.69) is 10.6 Å². The molecule has 2 atom stereocenters. The summed E-state index contributed by atoms with van der Waals surface area (Å²) in [7, 11) is 0. The molecule has 0 spiro atoms. The number of hydrogen-bond donors (Lipinski definition) is 3. The highest BCUT2D eigenvalue weighted by molar-refractivity contribution is 6.06. The van der Waals surface area contributed by atoms with E-state index < -0.39 is 36.0 Å². The van der Waals surface area contributed by atoms with Crippen LogP contribution in [0.2, 0.25) is 0 Å². The molecule has 2 aromatic heterocycles. The summed E-state index contributed by atoms with van der Waals surface area (Å²) >= 11 is 0. The molecule has 204 valence electrons. The minimum absolute atomic E-state index is 0.184. The summed E-state index contributed by atoms with van der Waals surface area (Å²) in [6, 6.07) is 10.7. The number of fused-ring (bicyclic) bond motifs is 2. The predicted octanol–water partition coefficient (Wildman–Crippen LogP) is 4.41. The predicted molar refractivity (Wildman–Crippen MR) is 148 cm³/mol. The summed E-state index contributed by atoms with van der Waals surface area (Å²) < 4.78 is 11.8. The maximum absolute atomic E-state index is 12.9. The summed E-state index contributed by atoms with van der Waals surface area (Å²) in [6.07, 6.45) is 0.274. The van der Waals surface area contributed by atoms with E-state index in [0.29, 0.717) is 34.1 Å². The van der Waals surface area contributed by atoms with Crippen LogP contribution < -0.4 is 16.3 Å². The lowest BCUT2D eigenvalue weighted by molar-refractivity contribution is -0.143. The zero-order valence-corrected chi connectivity index (χ0v) is 22.6. The number of amides is 2. The smallest absolute Gasteiger partial charge is 0.340 e. The first-order valence-electron chi connectivity index (χ1n) is 12.9. The monoisotopic (exact) mass is 532 g/mol. The van der Waals surface area contributed by atoms with Crippen LogP contribution in [-0.2, 0) is 20.8 Å². The molecule has 0 saturated carbocycles. The molecule has 0 fully saturated rings. The van der Waals surface area contributed by atoms with Crippen LogP contribution in [0.3, 0.4) is 0 Å². The van der Waals surface area contributed by atoms with Gasteiger partial charge in [0.1, 0.15) is 23.0 Å². The van der Waals surface area contributed by atoms with Gasteiger partial charge in [-0.3, -0.25) is 9.59 Å². The molecule has 4 aromatic rings. The van der Waals surface area contributed by atoms with E-state index in [4.69, 9.17) is 8.83 Å². The fourth-order valence-electron chi connectivity index (χ4n) is 4.85. The maximum Gasteiger partial charge on any atom is 0.340 e. The minimum atomic E-state index is -1.14. The summed E-state index contributed by atoms with van der Waals surface area (Å²) in [6.45, 7) is 8.63. The van der Waals surface area contributed by atoms with Gasteiger partial charge in [-0.1, -0.05) is 50.6 Å². The highest BCUT2D eigenvalue weighted by Crippen LogP contribution is 2.39. The molecular weight excluding hydrogens is 500 g/mol. The Hall–Kier alpha value is -4.40. The van der Waals surface area contributed by atoms with Gasteiger partial charge in [-0.05, 0) is 43.9 Å². The van der Waals surface area contributed by atoms with Gasteiger partial charge >= 0.3 is 11.6 Å². The van der Waals surface area contributed by atoms with Crippen LogP contribution in [0, 0.1) is 26.7 Å². The van der Waals surface area contributed by atoms with Crippen molar-refractivity contribution in [3.63, 3.8) is 0 Å². The van der Waals surface area contributed by atoms with Crippen molar-refractivity contribution in [1.82, 2.24) is 10.6 Å². The first-order valence-corrected chi connectivity index (χ1v) is 12.9. The summed E-state index contributed by atoms with van der Waals surface area (Å²) in [5.41, 5.74) is 3.81. The molecule has 0 unspecified atom stereocenters. The van der Waals surface area contributed by atoms with E-state index in [9.17, 15) is 24.3 Å². The van der Waals surface area contributed by atoms with Crippen LogP contribution in [0.25, 0.3) is 33.1 Å². The second kappa shape index (κ2) is 11.1. The van der Waals surface area contributed by atoms with Crippen LogP contribution in [0.4, 0.5) is 0 Å². The molecule has 39 heavy (non-hydrogen) atoms. The molecule has 0 aliphatic heterocycles. The number of aryl methyl sites for hydroxylation is 3. The number of carboxylic acid groups (broad SMARTS) is 1. The standard InChI is InChI=1S/C30H32N2O7/c1-6-15(2)26(29(35)36)32-24(34)14-31-23(33)13-21-16(3)20-12-22-25(19-10-8-7-9-11-19)18(5)38-28(22)17(4)27(20)39-30(21)37/h7-12,15,26H,6,13-14H2,1-5H3,(H,31,33)(H,32,34)(H,35,36)/t15-,26+/m1/s1. The number of nitrogens with one attached hydrogen (secondary N) is 2. The molecular formula is C30H32N2O7. The lowest BCUT2D eigenvalue weighted by Crippen LogP contribution is -2.48. The molecule has 3 N–H and O–H groups in total. The van der Waals surface area contributed by atoms with Crippen molar-refractivity contribution < 1.29 is 28.3 Å². The van der Waals surface area contributed by atoms with Gasteiger partial charge in [-0.15, -0.1) is 0 Å². The van der Waals surface area contributed by atoms with Crippen LogP contribution in [0.1, 0.15) is 42.7 Å². The van der Waals surface area contributed by atoms with Gasteiger partial charge < -0.3 is 24.6 Å². The fourth-order valence-corrected chi connectivity index (χ4v) is 4.85. The Labute approximate surface area is 225 Å². The SMILES string of the molecule is CC[C@@H](C)[C@H](NC(=O)CNC(=O)Cc1c(C)c2cc3c(-c4ccccc4)c(C)oc3c(C)c2oc1=O)C(=O)O. The van der Waals surface area contributed by atoms with E-state index in [0.717, 1.165) is 22.3 Å². The number of carbonyl (C=O) groups excluding carboxylic acids is 2. The quantitative estimate of drug-likeness (QED) is 0.272. The summed E-state index contributed by atoms with van der Waals surface area (Å²) in [4.78, 5) is 49.3. The Balaban J connectivity index is 1.62. The molecule has 0 bridgehead atoms. The molecule has 2 heterocycles. The normalized spacial score (nSPS) is 12.8. The Morgan fingerprint density at radius 3 is 2.26 bits per heavy atom. The molecule has 9 nitrogen and oxygen atoms in total. The van der Waals surface area contributed by atoms with Crippen LogP contribution >= 0.6 is 0 Å². The minimum Gasteiger partial charge on any atom is -0.480 e. The molecule has 0 radical (unpaired) electrons. The number of aliphatic carboxylic acids is 1. The van der Waals surface area contributed by atoms with Gasteiger partial charge in [0.15, 0.2) is 0 Å². The second-order valence-electron chi connectivity index (χ2n) is 9.87. The zero-order chi connectivity index (χ0) is 28.4. The van der Waals surface area contributed by atoms with Crippen LogP contribution in [-0.4, -0.2) is 35.5 Å². The van der Waals surface area contributed by atoms with E-state index in [-0.39, 0.29) is 17.9 Å². The van der Waals surface area contributed by atoms with E-state index in [1.165, 1.54) is 0 Å². The zero-order valence-electron chi connectivity index (χ0n) is 22.6. The summed E-state index contributed by atoms with van der Waals surface area (Å²) in [5.74, 6) is -1.85. The number of hydrogen-bond acceptors (Lipinski definition) is 6. The number of furan rings is 1. The third kappa shape index (κ3) is 5.43. The number of rotatable bonds is 9. The number of carboxylic acids is 1. The van der Waals surface area contributed by atoms with Gasteiger partial charge in [0, 0.05) is 21.9 Å². The molecule has 4 rings (SSSR count). The average Bonchev–Trinajstić information content (AvgIpc) is 3.25. The fraction of sp³-hybridized carbons (Fsp3) is 0.333. The van der Waals surface area contributed by atoms with Crippen molar-refractivity contribution >= 4 is 39.7 Å². The van der Waals surface area contributed by atoms with Crippen LogP contribution in [0.15, 0.2) is 50.0 Å². The van der Waals surface area contributed by atoms with Crippen molar-refractivity contribution in [2.75, 3.05) is 6.54 Å². The molecule has 0 aliphatic rings. The largest absolute Gasteiger partial charge is 0.480 e. The molecule has 2 amide bonds. The van der Waals surface area contributed by atoms with Gasteiger partial charge in [0.05, 0.1) is 18.5 Å². The van der Waals surface area contributed by atoms with Crippen molar-refractivity contribution in [2.45, 2.75) is 53.5 Å². The lowest BCUT2D eigenvalue weighted by Gasteiger charge is -2.20. The maximum atomic E-state index is 12.9. The average molecular weight is 533 g/mol. The van der Waals surface area contributed by atoms with Gasteiger partial charge in [-0.2, -0.15) is 0 Å². The Kier molecular flexibility index (Phi) is 7.90. The Morgan fingerprint density at radius 2 is 1.62 bits per heavy atom. The third-order valence-electron chi connectivity index (χ3n) is 7.27. The molecule has 0 saturated heterocycles. The number of carbonyl (C=O) groups is 3. The Morgan fingerprint density at radius 1 is 0.949 bits per heavy atom. The van der Waals surface area contributed by atoms with Crippen molar-refractivity contribution in [2.24, 2.45) is 5.92 Å². The molecule has 2 aromatic carbocycles. The van der Waals surface area contributed by atoms with Gasteiger partial charge in [0.2, 0.25) is 11.8 Å². The highest BCUT2D eigenvalue weighted by Gasteiger charge is 2.26. The van der Waals surface area contributed by atoms with Crippen molar-refractivity contribution in [1.29, 1.82) is 0 Å². The van der Waals surface area contributed by atoms with E-state index in [1.807, 2.05) is 57.2 Å². The first kappa shape index (κ1) is 27.6. The van der Waals surface area contributed by atoms with Gasteiger partial charge in [0.25, 0.3) is 0 Å². The van der Waals surface area contributed by atoms with Crippen molar-refractivity contribution in [3.05, 3.63) is 69.3 Å². The molecule has 0 aliphatic carbocycles. The highest BCUT2D eigenvalue weighted by atomic mass is 16.4. The third-order valence-corrected chi connectivity index (χ3v) is 7.27. The van der Waals surface area contributed by atoms with E-state index in [1.54, 1.807) is 13.8 Å². The van der Waals surface area contributed by atoms with E-state index >= 15 is 0 Å². The lowest BCUT2D eigenvalue weighted by atomic mass is 9.96. The first-order chi connectivity index (χ1) is 18.5. The Bertz CT molecular complexity index is 1630. The summed E-state index contributed by atoms with van der Waals surface area (Å²) in [5, 5.41) is 15.8. The van der Waals surface area contributed by atoms with Crippen molar-refractivity contribution in [3.8, 4) is 11.1 Å². The molecule has 9 heteroatoms. The topological polar surface area (TPSA) is 139 Å².